The van der Waals surface area contributed by atoms with Gasteiger partial charge < -0.3 is 9.84 Å². The van der Waals surface area contributed by atoms with Gasteiger partial charge in [0.05, 0.1) is 6.10 Å². The fraction of sp³-hybridized carbons (Fsp3) is 0.462. The standard InChI is InChI=1S/C13H19NO3/c1-10(2)17-13(16)14-12-7-5-11(6-8-12)4-3-9-15/h5-8,10,15H,3-4,9H2,1-2H3,(H,14,16). The molecule has 0 saturated heterocycles. The Balaban J connectivity index is 2.47. The summed E-state index contributed by atoms with van der Waals surface area (Å²) in [4.78, 5) is 11.3. The van der Waals surface area contributed by atoms with Crippen molar-refractivity contribution < 1.29 is 14.6 Å². The molecule has 1 rings (SSSR count). The molecular formula is C13H19NO3. The van der Waals surface area contributed by atoms with Crippen molar-refractivity contribution in [3.05, 3.63) is 29.8 Å². The molecule has 0 unspecified atom stereocenters. The van der Waals surface area contributed by atoms with Gasteiger partial charge in [-0.3, -0.25) is 5.32 Å². The van der Waals surface area contributed by atoms with E-state index < -0.39 is 6.09 Å². The van der Waals surface area contributed by atoms with Crippen molar-refractivity contribution in [2.24, 2.45) is 0 Å². The predicted octanol–water partition coefficient (Wildman–Crippen LogP) is 2.57. The van der Waals surface area contributed by atoms with E-state index in [1.807, 2.05) is 24.3 Å². The number of aliphatic hydroxyl groups excluding tert-OH is 1. The Labute approximate surface area is 102 Å². The first-order valence-electron chi connectivity index (χ1n) is 5.79. The summed E-state index contributed by atoms with van der Waals surface area (Å²) in [5.74, 6) is 0. The summed E-state index contributed by atoms with van der Waals surface area (Å²) in [6.45, 7) is 3.80. The third kappa shape index (κ3) is 5.36. The van der Waals surface area contributed by atoms with Crippen LogP contribution in [-0.4, -0.2) is 23.9 Å². The highest BCUT2D eigenvalue weighted by molar-refractivity contribution is 5.84. The second-order valence-electron chi connectivity index (χ2n) is 4.10. The van der Waals surface area contributed by atoms with Gasteiger partial charge >= 0.3 is 6.09 Å². The molecule has 0 aromatic heterocycles. The highest BCUT2D eigenvalue weighted by Crippen LogP contribution is 2.11. The largest absolute Gasteiger partial charge is 0.447 e. The monoisotopic (exact) mass is 237 g/mol. The number of anilines is 1. The smallest absolute Gasteiger partial charge is 0.411 e. The van der Waals surface area contributed by atoms with Gasteiger partial charge in [0.1, 0.15) is 0 Å². The van der Waals surface area contributed by atoms with Gasteiger partial charge in [-0.1, -0.05) is 12.1 Å². The number of amides is 1. The number of nitrogens with one attached hydrogen (secondary N) is 1. The Morgan fingerprint density at radius 3 is 2.53 bits per heavy atom. The molecule has 1 aromatic carbocycles. The van der Waals surface area contributed by atoms with Crippen LogP contribution >= 0.6 is 0 Å². The van der Waals surface area contributed by atoms with Crippen molar-refractivity contribution in [1.82, 2.24) is 0 Å². The van der Waals surface area contributed by atoms with Gasteiger partial charge in [-0.05, 0) is 44.4 Å². The first kappa shape index (κ1) is 13.5. The number of aliphatic hydroxyl groups is 1. The van der Waals surface area contributed by atoms with E-state index in [2.05, 4.69) is 5.32 Å². The van der Waals surface area contributed by atoms with Crippen molar-refractivity contribution in [3.8, 4) is 0 Å². The summed E-state index contributed by atoms with van der Waals surface area (Å²) >= 11 is 0. The summed E-state index contributed by atoms with van der Waals surface area (Å²) in [5, 5.41) is 11.4. The Morgan fingerprint density at radius 1 is 1.35 bits per heavy atom. The van der Waals surface area contributed by atoms with Crippen LogP contribution in [0.3, 0.4) is 0 Å². The van der Waals surface area contributed by atoms with Gasteiger partial charge in [0.25, 0.3) is 0 Å². The zero-order valence-corrected chi connectivity index (χ0v) is 10.3. The van der Waals surface area contributed by atoms with E-state index >= 15 is 0 Å². The van der Waals surface area contributed by atoms with Gasteiger partial charge in [0, 0.05) is 12.3 Å². The Bertz CT molecular complexity index is 346. The fourth-order valence-electron chi connectivity index (χ4n) is 1.40. The lowest BCUT2D eigenvalue weighted by Gasteiger charge is -2.09. The molecule has 1 amide bonds. The maximum absolute atomic E-state index is 11.3. The van der Waals surface area contributed by atoms with Gasteiger partial charge in [0.15, 0.2) is 0 Å². The topological polar surface area (TPSA) is 58.6 Å². The van der Waals surface area contributed by atoms with E-state index in [1.54, 1.807) is 13.8 Å². The highest BCUT2D eigenvalue weighted by atomic mass is 16.6. The zero-order valence-electron chi connectivity index (χ0n) is 10.3. The molecule has 0 bridgehead atoms. The van der Waals surface area contributed by atoms with Gasteiger partial charge in [-0.25, -0.2) is 4.79 Å². The molecule has 17 heavy (non-hydrogen) atoms. The van der Waals surface area contributed by atoms with Crippen LogP contribution in [0.2, 0.25) is 0 Å². The van der Waals surface area contributed by atoms with Crippen LogP contribution < -0.4 is 5.32 Å². The molecule has 0 radical (unpaired) electrons. The minimum absolute atomic E-state index is 0.126. The normalized spacial score (nSPS) is 10.4. The second kappa shape index (κ2) is 6.91. The first-order valence-corrected chi connectivity index (χ1v) is 5.79. The molecule has 0 fully saturated rings. The molecule has 0 aliphatic heterocycles. The van der Waals surface area contributed by atoms with Crippen molar-refractivity contribution in [2.75, 3.05) is 11.9 Å². The fourth-order valence-corrected chi connectivity index (χ4v) is 1.40. The molecule has 0 spiro atoms. The minimum Gasteiger partial charge on any atom is -0.447 e. The quantitative estimate of drug-likeness (QED) is 0.827. The molecule has 4 nitrogen and oxygen atoms in total. The molecule has 94 valence electrons. The number of aryl methyl sites for hydroxylation is 1. The van der Waals surface area contributed by atoms with Crippen molar-refractivity contribution in [3.63, 3.8) is 0 Å². The molecule has 0 saturated carbocycles. The Hall–Kier alpha value is -1.55. The van der Waals surface area contributed by atoms with Crippen LogP contribution in [0, 0.1) is 0 Å². The summed E-state index contributed by atoms with van der Waals surface area (Å²) in [6, 6.07) is 7.52. The van der Waals surface area contributed by atoms with Gasteiger partial charge in [-0.15, -0.1) is 0 Å². The lowest BCUT2D eigenvalue weighted by Crippen LogP contribution is -2.17. The summed E-state index contributed by atoms with van der Waals surface area (Å²) in [5.41, 5.74) is 1.85. The van der Waals surface area contributed by atoms with E-state index in [0.717, 1.165) is 18.4 Å². The molecular weight excluding hydrogens is 218 g/mol. The molecule has 4 heteroatoms. The van der Waals surface area contributed by atoms with E-state index in [1.165, 1.54) is 0 Å². The maximum Gasteiger partial charge on any atom is 0.411 e. The van der Waals surface area contributed by atoms with E-state index in [9.17, 15) is 4.79 Å². The molecule has 0 aliphatic carbocycles. The zero-order chi connectivity index (χ0) is 12.7. The number of carbonyl (C=O) groups is 1. The average Bonchev–Trinajstić information content (AvgIpc) is 2.27. The SMILES string of the molecule is CC(C)OC(=O)Nc1ccc(CCCO)cc1. The van der Waals surface area contributed by atoms with Crippen molar-refractivity contribution in [2.45, 2.75) is 32.8 Å². The van der Waals surface area contributed by atoms with Crippen LogP contribution in [0.4, 0.5) is 10.5 Å². The number of benzene rings is 1. The average molecular weight is 237 g/mol. The molecule has 0 heterocycles. The summed E-state index contributed by atoms with van der Waals surface area (Å²) in [7, 11) is 0. The predicted molar refractivity (Wildman–Crippen MR) is 67.1 cm³/mol. The third-order valence-corrected chi connectivity index (χ3v) is 2.17. The Kier molecular flexibility index (Phi) is 5.49. The first-order chi connectivity index (χ1) is 8.11. The van der Waals surface area contributed by atoms with Crippen molar-refractivity contribution >= 4 is 11.8 Å². The molecule has 1 aromatic rings. The van der Waals surface area contributed by atoms with Crippen LogP contribution in [0.1, 0.15) is 25.8 Å². The minimum atomic E-state index is -0.442. The molecule has 0 aliphatic rings. The van der Waals surface area contributed by atoms with Crippen LogP contribution in [0.15, 0.2) is 24.3 Å². The number of ether oxygens (including phenoxy) is 1. The molecule has 0 atom stereocenters. The van der Waals surface area contributed by atoms with E-state index in [-0.39, 0.29) is 12.7 Å². The maximum atomic E-state index is 11.3. The van der Waals surface area contributed by atoms with E-state index in [0.29, 0.717) is 5.69 Å². The van der Waals surface area contributed by atoms with Gasteiger partial charge in [-0.2, -0.15) is 0 Å². The summed E-state index contributed by atoms with van der Waals surface area (Å²) in [6.07, 6.45) is 1.02. The number of hydrogen-bond acceptors (Lipinski definition) is 3. The van der Waals surface area contributed by atoms with Crippen LogP contribution in [-0.2, 0) is 11.2 Å². The third-order valence-electron chi connectivity index (χ3n) is 2.17. The van der Waals surface area contributed by atoms with Crippen LogP contribution in [0.5, 0.6) is 0 Å². The van der Waals surface area contributed by atoms with E-state index in [4.69, 9.17) is 9.84 Å². The van der Waals surface area contributed by atoms with Crippen LogP contribution in [0.25, 0.3) is 0 Å². The second-order valence-corrected chi connectivity index (χ2v) is 4.10. The number of hydrogen-bond donors (Lipinski definition) is 2. The van der Waals surface area contributed by atoms with Gasteiger partial charge in [0.2, 0.25) is 0 Å². The summed E-state index contributed by atoms with van der Waals surface area (Å²) < 4.78 is 4.97. The lowest BCUT2D eigenvalue weighted by molar-refractivity contribution is 0.130. The number of rotatable bonds is 5. The molecule has 2 N–H and O–H groups in total. The Morgan fingerprint density at radius 2 is 2.00 bits per heavy atom. The van der Waals surface area contributed by atoms with Crippen molar-refractivity contribution in [1.29, 1.82) is 0 Å². The highest BCUT2D eigenvalue weighted by Gasteiger charge is 2.04. The lowest BCUT2D eigenvalue weighted by atomic mass is 10.1. The number of carbonyl (C=O) groups excluding carboxylic acids is 1.